The van der Waals surface area contributed by atoms with Gasteiger partial charge in [-0.1, -0.05) is 30.3 Å². The number of rotatable bonds is 5. The highest BCUT2D eigenvalue weighted by atomic mass is 19.4. The third kappa shape index (κ3) is 5.35. The van der Waals surface area contributed by atoms with Crippen LogP contribution >= 0.6 is 0 Å². The van der Waals surface area contributed by atoms with E-state index in [1.54, 1.807) is 30.3 Å². The molecule has 0 aliphatic carbocycles. The van der Waals surface area contributed by atoms with E-state index < -0.39 is 18.9 Å². The normalized spacial score (nSPS) is 13.4. The van der Waals surface area contributed by atoms with E-state index in [0.29, 0.717) is 5.56 Å². The molecule has 1 atom stereocenters. The summed E-state index contributed by atoms with van der Waals surface area (Å²) in [6.45, 7) is -1.35. The van der Waals surface area contributed by atoms with Crippen LogP contribution in [0.15, 0.2) is 30.3 Å². The molecule has 17 heavy (non-hydrogen) atoms. The van der Waals surface area contributed by atoms with Gasteiger partial charge in [0, 0.05) is 6.42 Å². The summed E-state index contributed by atoms with van der Waals surface area (Å²) >= 11 is 0. The van der Waals surface area contributed by atoms with Gasteiger partial charge in [-0.15, -0.1) is 0 Å². The Morgan fingerprint density at radius 1 is 1.29 bits per heavy atom. The number of halogens is 3. The molecule has 1 unspecified atom stereocenters. The number of hydrogen-bond acceptors (Lipinski definition) is 2. The van der Waals surface area contributed by atoms with Crippen LogP contribution < -0.4 is 5.73 Å². The largest absolute Gasteiger partial charge is 0.411 e. The van der Waals surface area contributed by atoms with Crippen molar-refractivity contribution >= 4 is 5.84 Å². The van der Waals surface area contributed by atoms with Crippen molar-refractivity contribution in [1.29, 1.82) is 5.41 Å². The molecule has 0 saturated heterocycles. The Kier molecular flexibility index (Phi) is 4.51. The predicted molar refractivity (Wildman–Crippen MR) is 57.7 cm³/mol. The van der Waals surface area contributed by atoms with Gasteiger partial charge in [-0.2, -0.15) is 13.2 Å². The molecule has 0 radical (unpaired) electrons. The van der Waals surface area contributed by atoms with Crippen LogP contribution in [0.3, 0.4) is 0 Å². The summed E-state index contributed by atoms with van der Waals surface area (Å²) < 4.78 is 40.9. The first kappa shape index (κ1) is 13.5. The van der Waals surface area contributed by atoms with Gasteiger partial charge in [0.25, 0.3) is 0 Å². The molecule has 94 valence electrons. The summed E-state index contributed by atoms with van der Waals surface area (Å²) in [6, 6.07) is 8.42. The molecule has 0 aliphatic heterocycles. The highest BCUT2D eigenvalue weighted by Gasteiger charge is 2.29. The lowest BCUT2D eigenvalue weighted by Gasteiger charge is -2.18. The highest BCUT2D eigenvalue weighted by Crippen LogP contribution is 2.24. The van der Waals surface area contributed by atoms with E-state index >= 15 is 0 Å². The molecule has 3 nitrogen and oxygen atoms in total. The van der Waals surface area contributed by atoms with Gasteiger partial charge < -0.3 is 10.5 Å². The fourth-order valence-corrected chi connectivity index (χ4v) is 1.34. The lowest BCUT2D eigenvalue weighted by atomic mass is 10.1. The Morgan fingerprint density at radius 2 is 1.88 bits per heavy atom. The lowest BCUT2D eigenvalue weighted by Crippen LogP contribution is -2.22. The minimum absolute atomic E-state index is 0.0555. The van der Waals surface area contributed by atoms with Gasteiger partial charge in [0.1, 0.15) is 6.61 Å². The standard InChI is InChI=1S/C11H13F3N2O/c12-11(13,14)7-17-9(6-10(15)16)8-4-2-1-3-5-8/h1-5,9H,6-7H2,(H3,15,16). The van der Waals surface area contributed by atoms with E-state index in [4.69, 9.17) is 15.9 Å². The highest BCUT2D eigenvalue weighted by molar-refractivity contribution is 5.77. The Bertz CT molecular complexity index is 365. The van der Waals surface area contributed by atoms with E-state index in [9.17, 15) is 13.2 Å². The monoisotopic (exact) mass is 246 g/mol. The Balaban J connectivity index is 2.71. The number of alkyl halides is 3. The first-order valence-electron chi connectivity index (χ1n) is 4.94. The molecule has 0 saturated carbocycles. The number of hydrogen-bond donors (Lipinski definition) is 2. The zero-order valence-electron chi connectivity index (χ0n) is 9.00. The first-order chi connectivity index (χ1) is 7.88. The molecule has 0 aliphatic rings. The topological polar surface area (TPSA) is 59.1 Å². The fraction of sp³-hybridized carbons (Fsp3) is 0.364. The maximum atomic E-state index is 12.1. The molecule has 0 amide bonds. The molecule has 0 bridgehead atoms. The Labute approximate surface area is 96.9 Å². The van der Waals surface area contributed by atoms with E-state index in [1.165, 1.54) is 0 Å². The van der Waals surface area contributed by atoms with Gasteiger partial charge in [-0.25, -0.2) is 0 Å². The fourth-order valence-electron chi connectivity index (χ4n) is 1.34. The molecular formula is C11H13F3N2O. The van der Waals surface area contributed by atoms with Crippen LogP contribution in [0.25, 0.3) is 0 Å². The second-order valence-electron chi connectivity index (χ2n) is 3.55. The minimum atomic E-state index is -4.39. The van der Waals surface area contributed by atoms with Crippen LogP contribution in [0.2, 0.25) is 0 Å². The lowest BCUT2D eigenvalue weighted by molar-refractivity contribution is -0.185. The van der Waals surface area contributed by atoms with E-state index in [0.717, 1.165) is 0 Å². The third-order valence-corrected chi connectivity index (χ3v) is 2.02. The molecule has 3 N–H and O–H groups in total. The Morgan fingerprint density at radius 3 is 2.35 bits per heavy atom. The van der Waals surface area contributed by atoms with Crippen molar-refractivity contribution in [1.82, 2.24) is 0 Å². The van der Waals surface area contributed by atoms with E-state index in [1.807, 2.05) is 0 Å². The maximum absolute atomic E-state index is 12.1. The van der Waals surface area contributed by atoms with Gasteiger partial charge in [-0.3, -0.25) is 5.41 Å². The second kappa shape index (κ2) is 5.67. The summed E-state index contributed by atoms with van der Waals surface area (Å²) in [5, 5.41) is 7.12. The van der Waals surface area contributed by atoms with Crippen molar-refractivity contribution in [3.8, 4) is 0 Å². The smallest absolute Gasteiger partial charge is 0.388 e. The van der Waals surface area contributed by atoms with E-state index in [2.05, 4.69) is 0 Å². The summed E-state index contributed by atoms with van der Waals surface area (Å²) in [5.41, 5.74) is 5.77. The van der Waals surface area contributed by atoms with Crippen molar-refractivity contribution in [2.24, 2.45) is 5.73 Å². The van der Waals surface area contributed by atoms with Crippen molar-refractivity contribution in [2.75, 3.05) is 6.61 Å². The summed E-state index contributed by atoms with van der Waals surface area (Å²) in [7, 11) is 0. The number of nitrogens with two attached hydrogens (primary N) is 1. The molecule has 0 aromatic heterocycles. The third-order valence-electron chi connectivity index (χ3n) is 2.02. The summed E-state index contributed by atoms with van der Waals surface area (Å²) in [6.07, 6.45) is -5.28. The van der Waals surface area contributed by atoms with Crippen LogP contribution in [0.1, 0.15) is 18.1 Å². The van der Waals surface area contributed by atoms with Crippen LogP contribution in [-0.4, -0.2) is 18.6 Å². The van der Waals surface area contributed by atoms with Gasteiger partial charge in [0.15, 0.2) is 0 Å². The number of benzene rings is 1. The zero-order chi connectivity index (χ0) is 12.9. The molecule has 6 heteroatoms. The molecule has 1 rings (SSSR count). The van der Waals surface area contributed by atoms with Gasteiger partial charge in [-0.05, 0) is 5.56 Å². The summed E-state index contributed by atoms with van der Waals surface area (Å²) in [4.78, 5) is 0. The summed E-state index contributed by atoms with van der Waals surface area (Å²) in [5.74, 6) is -0.207. The SMILES string of the molecule is N=C(N)CC(OCC(F)(F)F)c1ccccc1. The zero-order valence-corrected chi connectivity index (χ0v) is 9.00. The van der Waals surface area contributed by atoms with Gasteiger partial charge in [0.05, 0.1) is 11.9 Å². The molecule has 0 spiro atoms. The Hall–Kier alpha value is -1.56. The average Bonchev–Trinajstić information content (AvgIpc) is 2.24. The second-order valence-corrected chi connectivity index (χ2v) is 3.55. The predicted octanol–water partition coefficient (Wildman–Crippen LogP) is 2.63. The molecule has 1 aromatic rings. The van der Waals surface area contributed by atoms with Crippen LogP contribution in [0, 0.1) is 5.41 Å². The minimum Gasteiger partial charge on any atom is -0.388 e. The van der Waals surface area contributed by atoms with Crippen molar-refractivity contribution in [3.63, 3.8) is 0 Å². The molecule has 0 fully saturated rings. The quantitative estimate of drug-likeness (QED) is 0.619. The number of amidine groups is 1. The van der Waals surface area contributed by atoms with Crippen LogP contribution in [0.4, 0.5) is 13.2 Å². The van der Waals surface area contributed by atoms with Gasteiger partial charge in [0.2, 0.25) is 0 Å². The van der Waals surface area contributed by atoms with Crippen molar-refractivity contribution in [3.05, 3.63) is 35.9 Å². The van der Waals surface area contributed by atoms with E-state index in [-0.39, 0.29) is 12.3 Å². The number of nitrogens with one attached hydrogen (secondary N) is 1. The van der Waals surface area contributed by atoms with Crippen molar-refractivity contribution < 1.29 is 17.9 Å². The first-order valence-corrected chi connectivity index (χ1v) is 4.94. The van der Waals surface area contributed by atoms with Gasteiger partial charge >= 0.3 is 6.18 Å². The maximum Gasteiger partial charge on any atom is 0.411 e. The number of ether oxygens (including phenoxy) is 1. The molecule has 1 aromatic carbocycles. The molecular weight excluding hydrogens is 233 g/mol. The average molecular weight is 246 g/mol. The van der Waals surface area contributed by atoms with Crippen LogP contribution in [0.5, 0.6) is 0 Å². The molecule has 0 heterocycles. The van der Waals surface area contributed by atoms with Crippen LogP contribution in [-0.2, 0) is 4.74 Å². The van der Waals surface area contributed by atoms with Crippen molar-refractivity contribution in [2.45, 2.75) is 18.7 Å².